The van der Waals surface area contributed by atoms with Crippen LogP contribution in [0, 0.1) is 0 Å². The largest absolute Gasteiger partial charge is 0.360 e. The molecule has 0 atom stereocenters. The molecule has 2 N–H and O–H groups in total. The molecule has 0 aliphatic heterocycles. The fraction of sp³-hybridized carbons (Fsp3) is 0.417. The molecule has 1 aromatic rings. The SMILES string of the molecule is S=C(Nc1ccc(Cl)cc1Br)NC1CCCC1. The number of halogens is 2. The smallest absolute Gasteiger partial charge is 0.171 e. The van der Waals surface area contributed by atoms with Crippen molar-refractivity contribution >= 4 is 50.5 Å². The topological polar surface area (TPSA) is 24.1 Å². The first kappa shape index (κ1) is 13.1. The summed E-state index contributed by atoms with van der Waals surface area (Å²) in [5.41, 5.74) is 0.935. The number of rotatable bonds is 2. The molecule has 1 aromatic carbocycles. The van der Waals surface area contributed by atoms with Gasteiger partial charge in [0.15, 0.2) is 5.11 Å². The van der Waals surface area contributed by atoms with Crippen molar-refractivity contribution in [2.75, 3.05) is 5.32 Å². The van der Waals surface area contributed by atoms with Gasteiger partial charge in [-0.3, -0.25) is 0 Å². The molecule has 17 heavy (non-hydrogen) atoms. The van der Waals surface area contributed by atoms with Gasteiger partial charge < -0.3 is 10.6 Å². The Balaban J connectivity index is 1.93. The molecule has 0 unspecified atom stereocenters. The van der Waals surface area contributed by atoms with Gasteiger partial charge in [-0.15, -0.1) is 0 Å². The minimum atomic E-state index is 0.529. The van der Waals surface area contributed by atoms with Gasteiger partial charge >= 0.3 is 0 Å². The lowest BCUT2D eigenvalue weighted by Crippen LogP contribution is -2.35. The fourth-order valence-corrected chi connectivity index (χ4v) is 3.06. The van der Waals surface area contributed by atoms with Crippen LogP contribution >= 0.6 is 39.7 Å². The van der Waals surface area contributed by atoms with Gasteiger partial charge in [0.05, 0.1) is 5.69 Å². The van der Waals surface area contributed by atoms with Gasteiger partial charge in [0, 0.05) is 15.5 Å². The molecule has 2 rings (SSSR count). The van der Waals surface area contributed by atoms with Crippen LogP contribution in [0.3, 0.4) is 0 Å². The first-order chi connectivity index (χ1) is 8.15. The summed E-state index contributed by atoms with van der Waals surface area (Å²) in [6, 6.07) is 6.13. The average molecular weight is 334 g/mol. The highest BCUT2D eigenvalue weighted by Gasteiger charge is 2.15. The third-order valence-electron chi connectivity index (χ3n) is 2.87. The molecular formula is C12H14BrClN2S. The van der Waals surface area contributed by atoms with E-state index in [1.54, 1.807) is 0 Å². The molecular weight excluding hydrogens is 320 g/mol. The van der Waals surface area contributed by atoms with Crippen LogP contribution in [0.25, 0.3) is 0 Å². The summed E-state index contributed by atoms with van der Waals surface area (Å²) in [6.07, 6.45) is 5.02. The van der Waals surface area contributed by atoms with Gasteiger partial charge in [-0.1, -0.05) is 24.4 Å². The van der Waals surface area contributed by atoms with Crippen molar-refractivity contribution in [3.8, 4) is 0 Å². The van der Waals surface area contributed by atoms with E-state index < -0.39 is 0 Å². The molecule has 1 fully saturated rings. The van der Waals surface area contributed by atoms with E-state index in [1.807, 2.05) is 18.2 Å². The molecule has 2 nitrogen and oxygen atoms in total. The van der Waals surface area contributed by atoms with Gasteiger partial charge in [-0.05, 0) is 59.2 Å². The predicted molar refractivity (Wildman–Crippen MR) is 80.8 cm³/mol. The van der Waals surface area contributed by atoms with Crippen LogP contribution in [0.1, 0.15) is 25.7 Å². The van der Waals surface area contributed by atoms with Crippen molar-refractivity contribution in [2.24, 2.45) is 0 Å². The first-order valence-corrected chi connectivity index (χ1v) is 7.25. The van der Waals surface area contributed by atoms with Crippen molar-refractivity contribution in [2.45, 2.75) is 31.7 Å². The third-order valence-corrected chi connectivity index (χ3v) is 3.98. The number of benzene rings is 1. The Labute approximate surface area is 120 Å². The summed E-state index contributed by atoms with van der Waals surface area (Å²) in [7, 11) is 0. The molecule has 1 aliphatic carbocycles. The molecule has 1 saturated carbocycles. The minimum Gasteiger partial charge on any atom is -0.360 e. The zero-order valence-corrected chi connectivity index (χ0v) is 12.5. The molecule has 0 bridgehead atoms. The maximum atomic E-state index is 5.88. The molecule has 0 saturated heterocycles. The van der Waals surface area contributed by atoms with E-state index in [2.05, 4.69) is 26.6 Å². The summed E-state index contributed by atoms with van der Waals surface area (Å²) in [5, 5.41) is 7.90. The van der Waals surface area contributed by atoms with E-state index >= 15 is 0 Å². The number of nitrogens with one attached hydrogen (secondary N) is 2. The summed E-state index contributed by atoms with van der Waals surface area (Å²) in [5.74, 6) is 0. The van der Waals surface area contributed by atoms with Crippen LogP contribution in [0.15, 0.2) is 22.7 Å². The molecule has 0 radical (unpaired) electrons. The zero-order chi connectivity index (χ0) is 12.3. The van der Waals surface area contributed by atoms with Gasteiger partial charge in [0.1, 0.15) is 0 Å². The lowest BCUT2D eigenvalue weighted by Gasteiger charge is -2.16. The number of hydrogen-bond acceptors (Lipinski definition) is 1. The summed E-state index contributed by atoms with van der Waals surface area (Å²) in [6.45, 7) is 0. The van der Waals surface area contributed by atoms with Gasteiger partial charge in [0.25, 0.3) is 0 Å². The Bertz CT molecular complexity index is 419. The van der Waals surface area contributed by atoms with Crippen LogP contribution in [0.2, 0.25) is 5.02 Å². The number of hydrogen-bond donors (Lipinski definition) is 2. The maximum absolute atomic E-state index is 5.88. The maximum Gasteiger partial charge on any atom is 0.171 e. The van der Waals surface area contributed by atoms with E-state index in [4.69, 9.17) is 23.8 Å². The molecule has 5 heteroatoms. The van der Waals surface area contributed by atoms with Crippen molar-refractivity contribution in [3.05, 3.63) is 27.7 Å². The molecule has 0 heterocycles. The second-order valence-corrected chi connectivity index (χ2v) is 5.90. The van der Waals surface area contributed by atoms with Crippen LogP contribution < -0.4 is 10.6 Å². The number of thiocarbonyl (C=S) groups is 1. The van der Waals surface area contributed by atoms with Gasteiger partial charge in [0.2, 0.25) is 0 Å². The average Bonchev–Trinajstić information content (AvgIpc) is 2.75. The lowest BCUT2D eigenvalue weighted by molar-refractivity contribution is 0.634. The Hall–Kier alpha value is -0.320. The van der Waals surface area contributed by atoms with Crippen LogP contribution in [-0.4, -0.2) is 11.2 Å². The highest BCUT2D eigenvalue weighted by molar-refractivity contribution is 9.10. The molecule has 0 spiro atoms. The van der Waals surface area contributed by atoms with Crippen LogP contribution in [-0.2, 0) is 0 Å². The van der Waals surface area contributed by atoms with E-state index in [9.17, 15) is 0 Å². The Morgan fingerprint density at radius 2 is 2.06 bits per heavy atom. The zero-order valence-electron chi connectivity index (χ0n) is 9.30. The Morgan fingerprint density at radius 1 is 1.35 bits per heavy atom. The Morgan fingerprint density at radius 3 is 2.71 bits per heavy atom. The lowest BCUT2D eigenvalue weighted by atomic mass is 10.2. The van der Waals surface area contributed by atoms with Crippen LogP contribution in [0.4, 0.5) is 5.69 Å². The van der Waals surface area contributed by atoms with Gasteiger partial charge in [-0.2, -0.15) is 0 Å². The second kappa shape index (κ2) is 6.03. The highest BCUT2D eigenvalue weighted by Crippen LogP contribution is 2.26. The monoisotopic (exact) mass is 332 g/mol. The van der Waals surface area contributed by atoms with Crippen molar-refractivity contribution in [1.29, 1.82) is 0 Å². The normalized spacial score (nSPS) is 15.9. The second-order valence-electron chi connectivity index (χ2n) is 4.20. The summed E-state index contributed by atoms with van der Waals surface area (Å²) < 4.78 is 0.917. The third kappa shape index (κ3) is 3.83. The standard InChI is InChI=1S/C12H14BrClN2S/c13-10-7-8(14)5-6-11(10)16-12(17)15-9-3-1-2-4-9/h5-7,9H,1-4H2,(H2,15,16,17). The van der Waals surface area contributed by atoms with Crippen molar-refractivity contribution in [1.82, 2.24) is 5.32 Å². The first-order valence-electron chi connectivity index (χ1n) is 5.68. The molecule has 0 aromatic heterocycles. The van der Waals surface area contributed by atoms with Crippen molar-refractivity contribution < 1.29 is 0 Å². The van der Waals surface area contributed by atoms with Crippen molar-refractivity contribution in [3.63, 3.8) is 0 Å². The van der Waals surface area contributed by atoms with E-state index in [1.165, 1.54) is 25.7 Å². The molecule has 0 amide bonds. The fourth-order valence-electron chi connectivity index (χ4n) is 2.00. The summed E-state index contributed by atoms with van der Waals surface area (Å²) >= 11 is 14.6. The van der Waals surface area contributed by atoms with E-state index in [0.29, 0.717) is 16.2 Å². The minimum absolute atomic E-state index is 0.529. The summed E-state index contributed by atoms with van der Waals surface area (Å²) in [4.78, 5) is 0. The highest BCUT2D eigenvalue weighted by atomic mass is 79.9. The van der Waals surface area contributed by atoms with E-state index in [0.717, 1.165) is 10.2 Å². The quantitative estimate of drug-likeness (QED) is 0.788. The van der Waals surface area contributed by atoms with Crippen LogP contribution in [0.5, 0.6) is 0 Å². The van der Waals surface area contributed by atoms with E-state index in [-0.39, 0.29) is 0 Å². The van der Waals surface area contributed by atoms with Gasteiger partial charge in [-0.25, -0.2) is 0 Å². The number of anilines is 1. The predicted octanol–water partition coefficient (Wildman–Crippen LogP) is 4.33. The molecule has 1 aliphatic rings. The molecule has 92 valence electrons. The Kier molecular flexibility index (Phi) is 4.65.